The van der Waals surface area contributed by atoms with Crippen molar-refractivity contribution in [3.63, 3.8) is 0 Å². The zero-order valence-electron chi connectivity index (χ0n) is 9.26. The monoisotopic (exact) mass is 193 g/mol. The molecule has 0 saturated carbocycles. The molecule has 0 atom stereocenters. The Morgan fingerprint density at radius 3 is 2.21 bits per heavy atom. The van der Waals surface area contributed by atoms with E-state index in [1.165, 1.54) is 16.7 Å². The SMILES string of the molecule is CCCOc1c(C)cc(CN)cc1C. The van der Waals surface area contributed by atoms with Crippen molar-refractivity contribution in [2.45, 2.75) is 33.7 Å². The molecule has 0 spiro atoms. The summed E-state index contributed by atoms with van der Waals surface area (Å²) in [7, 11) is 0. The second-order valence-corrected chi connectivity index (χ2v) is 3.61. The summed E-state index contributed by atoms with van der Waals surface area (Å²) in [6.07, 6.45) is 1.04. The predicted octanol–water partition coefficient (Wildman–Crippen LogP) is 2.55. The smallest absolute Gasteiger partial charge is 0.125 e. The summed E-state index contributed by atoms with van der Waals surface area (Å²) < 4.78 is 5.68. The molecule has 78 valence electrons. The van der Waals surface area contributed by atoms with Gasteiger partial charge in [0, 0.05) is 6.54 Å². The van der Waals surface area contributed by atoms with Crippen molar-refractivity contribution < 1.29 is 4.74 Å². The maximum absolute atomic E-state index is 5.68. The number of ether oxygens (including phenoxy) is 1. The largest absolute Gasteiger partial charge is 0.493 e. The number of aryl methyl sites for hydroxylation is 2. The molecule has 0 unspecified atom stereocenters. The van der Waals surface area contributed by atoms with Crippen LogP contribution < -0.4 is 10.5 Å². The Morgan fingerprint density at radius 2 is 1.79 bits per heavy atom. The molecule has 2 N–H and O–H groups in total. The van der Waals surface area contributed by atoms with Crippen LogP contribution in [0.4, 0.5) is 0 Å². The first-order valence-corrected chi connectivity index (χ1v) is 5.12. The van der Waals surface area contributed by atoms with Crippen molar-refractivity contribution in [1.82, 2.24) is 0 Å². The second kappa shape index (κ2) is 5.01. The van der Waals surface area contributed by atoms with Gasteiger partial charge >= 0.3 is 0 Å². The highest BCUT2D eigenvalue weighted by atomic mass is 16.5. The molecule has 14 heavy (non-hydrogen) atoms. The van der Waals surface area contributed by atoms with Crippen LogP contribution in [0.15, 0.2) is 12.1 Å². The van der Waals surface area contributed by atoms with Gasteiger partial charge in [-0.25, -0.2) is 0 Å². The van der Waals surface area contributed by atoms with Crippen LogP contribution in [0.2, 0.25) is 0 Å². The predicted molar refractivity (Wildman–Crippen MR) is 59.6 cm³/mol. The molecule has 0 aliphatic heterocycles. The minimum Gasteiger partial charge on any atom is -0.493 e. The molecule has 0 radical (unpaired) electrons. The normalized spacial score (nSPS) is 10.3. The van der Waals surface area contributed by atoms with Crippen molar-refractivity contribution in [3.8, 4) is 5.75 Å². The van der Waals surface area contributed by atoms with E-state index < -0.39 is 0 Å². The number of hydrogen-bond acceptors (Lipinski definition) is 2. The summed E-state index contributed by atoms with van der Waals surface area (Å²) in [5.74, 6) is 1.02. The molecule has 0 fully saturated rings. The van der Waals surface area contributed by atoms with Crippen molar-refractivity contribution in [3.05, 3.63) is 28.8 Å². The van der Waals surface area contributed by atoms with E-state index in [0.29, 0.717) is 6.54 Å². The number of rotatable bonds is 4. The van der Waals surface area contributed by atoms with E-state index in [4.69, 9.17) is 10.5 Å². The topological polar surface area (TPSA) is 35.2 Å². The summed E-state index contributed by atoms with van der Waals surface area (Å²) in [6.45, 7) is 7.62. The van der Waals surface area contributed by atoms with Gasteiger partial charge in [-0.3, -0.25) is 0 Å². The van der Waals surface area contributed by atoms with E-state index in [0.717, 1.165) is 18.8 Å². The molecular formula is C12H19NO. The summed E-state index contributed by atoms with van der Waals surface area (Å²) in [6, 6.07) is 4.19. The van der Waals surface area contributed by atoms with Crippen LogP contribution in [0, 0.1) is 13.8 Å². The summed E-state index contributed by atoms with van der Waals surface area (Å²) in [4.78, 5) is 0. The minimum absolute atomic E-state index is 0.593. The van der Waals surface area contributed by atoms with Gasteiger partial charge < -0.3 is 10.5 Å². The third-order valence-electron chi connectivity index (χ3n) is 2.21. The highest BCUT2D eigenvalue weighted by Gasteiger charge is 2.04. The Balaban J connectivity index is 2.93. The number of nitrogens with two attached hydrogens (primary N) is 1. The van der Waals surface area contributed by atoms with E-state index in [1.807, 2.05) is 0 Å². The Labute approximate surface area is 86.1 Å². The minimum atomic E-state index is 0.593. The van der Waals surface area contributed by atoms with Gasteiger partial charge in [0.25, 0.3) is 0 Å². The molecule has 1 rings (SSSR count). The third kappa shape index (κ3) is 2.48. The molecule has 0 bridgehead atoms. The Bertz CT molecular complexity index is 284. The Hall–Kier alpha value is -1.02. The first kappa shape index (κ1) is 11.1. The first-order valence-electron chi connectivity index (χ1n) is 5.12. The van der Waals surface area contributed by atoms with Crippen LogP contribution in [-0.4, -0.2) is 6.61 Å². The molecule has 0 aromatic heterocycles. The van der Waals surface area contributed by atoms with Gasteiger partial charge in [0.1, 0.15) is 5.75 Å². The maximum atomic E-state index is 5.68. The number of hydrogen-bond donors (Lipinski definition) is 1. The van der Waals surface area contributed by atoms with Crippen LogP contribution in [0.5, 0.6) is 5.75 Å². The molecule has 2 heteroatoms. The molecule has 0 amide bonds. The van der Waals surface area contributed by atoms with Crippen LogP contribution in [0.25, 0.3) is 0 Å². The van der Waals surface area contributed by atoms with Crippen molar-refractivity contribution >= 4 is 0 Å². The lowest BCUT2D eigenvalue weighted by Crippen LogP contribution is -2.02. The molecule has 1 aromatic carbocycles. The quantitative estimate of drug-likeness (QED) is 0.797. The van der Waals surface area contributed by atoms with Crippen molar-refractivity contribution in [2.75, 3.05) is 6.61 Å². The lowest BCUT2D eigenvalue weighted by Gasteiger charge is -2.12. The highest BCUT2D eigenvalue weighted by Crippen LogP contribution is 2.24. The molecular weight excluding hydrogens is 174 g/mol. The van der Waals surface area contributed by atoms with Crippen molar-refractivity contribution in [1.29, 1.82) is 0 Å². The van der Waals surface area contributed by atoms with Crippen LogP contribution >= 0.6 is 0 Å². The van der Waals surface area contributed by atoms with Crippen LogP contribution in [-0.2, 0) is 6.54 Å². The average molecular weight is 193 g/mol. The van der Waals surface area contributed by atoms with E-state index in [2.05, 4.69) is 32.9 Å². The standard InChI is InChI=1S/C12H19NO/c1-4-5-14-12-9(2)6-11(8-13)7-10(12)3/h6-7H,4-5,8,13H2,1-3H3. The molecule has 0 aliphatic rings. The van der Waals surface area contributed by atoms with Gasteiger partial charge in [-0.1, -0.05) is 19.1 Å². The van der Waals surface area contributed by atoms with Gasteiger partial charge in [-0.2, -0.15) is 0 Å². The fourth-order valence-electron chi connectivity index (χ4n) is 1.59. The fraction of sp³-hybridized carbons (Fsp3) is 0.500. The first-order chi connectivity index (χ1) is 6.69. The molecule has 0 aliphatic carbocycles. The van der Waals surface area contributed by atoms with E-state index in [1.54, 1.807) is 0 Å². The van der Waals surface area contributed by atoms with Crippen LogP contribution in [0.3, 0.4) is 0 Å². The molecule has 2 nitrogen and oxygen atoms in total. The number of benzene rings is 1. The molecule has 0 saturated heterocycles. The van der Waals surface area contributed by atoms with E-state index >= 15 is 0 Å². The van der Waals surface area contributed by atoms with Crippen molar-refractivity contribution in [2.24, 2.45) is 5.73 Å². The van der Waals surface area contributed by atoms with Crippen LogP contribution in [0.1, 0.15) is 30.0 Å². The summed E-state index contributed by atoms with van der Waals surface area (Å²) in [5.41, 5.74) is 9.13. The molecule has 1 aromatic rings. The zero-order chi connectivity index (χ0) is 10.6. The summed E-state index contributed by atoms with van der Waals surface area (Å²) in [5, 5.41) is 0. The third-order valence-corrected chi connectivity index (χ3v) is 2.21. The lowest BCUT2D eigenvalue weighted by molar-refractivity contribution is 0.313. The highest BCUT2D eigenvalue weighted by molar-refractivity contribution is 5.43. The maximum Gasteiger partial charge on any atom is 0.125 e. The van der Waals surface area contributed by atoms with Gasteiger partial charge in [0.05, 0.1) is 6.61 Å². The fourth-order valence-corrected chi connectivity index (χ4v) is 1.59. The summed E-state index contributed by atoms with van der Waals surface area (Å²) >= 11 is 0. The Kier molecular flexibility index (Phi) is 3.96. The van der Waals surface area contributed by atoms with Gasteiger partial charge in [0.2, 0.25) is 0 Å². The second-order valence-electron chi connectivity index (χ2n) is 3.61. The van der Waals surface area contributed by atoms with Gasteiger partial charge in [0.15, 0.2) is 0 Å². The van der Waals surface area contributed by atoms with Gasteiger partial charge in [-0.15, -0.1) is 0 Å². The lowest BCUT2D eigenvalue weighted by atomic mass is 10.1. The van der Waals surface area contributed by atoms with E-state index in [-0.39, 0.29) is 0 Å². The Morgan fingerprint density at radius 1 is 1.21 bits per heavy atom. The molecule has 0 heterocycles. The average Bonchev–Trinajstić information content (AvgIpc) is 2.16. The van der Waals surface area contributed by atoms with E-state index in [9.17, 15) is 0 Å². The van der Waals surface area contributed by atoms with Gasteiger partial charge in [-0.05, 0) is 37.0 Å². The zero-order valence-corrected chi connectivity index (χ0v) is 9.26.